The van der Waals surface area contributed by atoms with Crippen LogP contribution in [0, 0.1) is 0 Å². The van der Waals surface area contributed by atoms with Crippen LogP contribution in [-0.2, 0) is 0 Å². The smallest absolute Gasteiger partial charge is 0.152 e. The predicted molar refractivity (Wildman–Crippen MR) is 89.8 cm³/mol. The number of aromatic amines is 1. The SMILES string of the molecule is COc1ccc(-c2[nH]c3cc(C(C)C)ccc3c2C=O)cc1. The van der Waals surface area contributed by atoms with E-state index in [2.05, 4.69) is 31.0 Å². The lowest BCUT2D eigenvalue weighted by Crippen LogP contribution is -1.86. The summed E-state index contributed by atoms with van der Waals surface area (Å²) in [4.78, 5) is 15.0. The van der Waals surface area contributed by atoms with E-state index in [9.17, 15) is 4.79 Å². The standard InChI is InChI=1S/C19H19NO2/c1-12(2)14-6-9-16-17(11-21)19(20-18(16)10-14)13-4-7-15(22-3)8-5-13/h4-12,20H,1-3H3. The van der Waals surface area contributed by atoms with Crippen molar-refractivity contribution in [3.63, 3.8) is 0 Å². The molecule has 112 valence electrons. The second-order valence-corrected chi connectivity index (χ2v) is 5.72. The number of hydrogen-bond acceptors (Lipinski definition) is 2. The Morgan fingerprint density at radius 3 is 2.41 bits per heavy atom. The zero-order valence-corrected chi connectivity index (χ0v) is 13.0. The highest BCUT2D eigenvalue weighted by atomic mass is 16.5. The third-order valence-corrected chi connectivity index (χ3v) is 4.03. The molecule has 0 radical (unpaired) electrons. The molecule has 3 rings (SSSR count). The molecule has 0 unspecified atom stereocenters. The molecule has 0 aliphatic heterocycles. The molecule has 1 heterocycles. The van der Waals surface area contributed by atoms with Crippen molar-refractivity contribution >= 4 is 17.2 Å². The molecule has 0 spiro atoms. The van der Waals surface area contributed by atoms with Gasteiger partial charge < -0.3 is 9.72 Å². The van der Waals surface area contributed by atoms with Crippen molar-refractivity contribution in [1.29, 1.82) is 0 Å². The lowest BCUT2D eigenvalue weighted by Gasteiger charge is -2.04. The van der Waals surface area contributed by atoms with Gasteiger partial charge in [-0.25, -0.2) is 0 Å². The van der Waals surface area contributed by atoms with Gasteiger partial charge in [0.05, 0.1) is 12.8 Å². The van der Waals surface area contributed by atoms with Crippen LogP contribution in [0.1, 0.15) is 35.7 Å². The quantitative estimate of drug-likeness (QED) is 0.703. The summed E-state index contributed by atoms with van der Waals surface area (Å²) >= 11 is 0. The Bertz CT molecular complexity index is 813. The highest BCUT2D eigenvalue weighted by Crippen LogP contribution is 2.31. The van der Waals surface area contributed by atoms with Gasteiger partial charge in [-0.2, -0.15) is 0 Å². The van der Waals surface area contributed by atoms with Gasteiger partial charge in [0.1, 0.15) is 5.75 Å². The van der Waals surface area contributed by atoms with E-state index in [1.54, 1.807) is 7.11 Å². The summed E-state index contributed by atoms with van der Waals surface area (Å²) in [6.45, 7) is 4.32. The lowest BCUT2D eigenvalue weighted by molar-refractivity contribution is 0.112. The Kier molecular flexibility index (Phi) is 3.72. The van der Waals surface area contributed by atoms with Gasteiger partial charge in [-0.3, -0.25) is 4.79 Å². The minimum absolute atomic E-state index is 0.455. The Morgan fingerprint density at radius 2 is 1.82 bits per heavy atom. The monoisotopic (exact) mass is 293 g/mol. The minimum Gasteiger partial charge on any atom is -0.497 e. The van der Waals surface area contributed by atoms with E-state index < -0.39 is 0 Å². The maximum absolute atomic E-state index is 11.6. The third kappa shape index (κ3) is 2.39. The first kappa shape index (κ1) is 14.4. The Hall–Kier alpha value is -2.55. The lowest BCUT2D eigenvalue weighted by atomic mass is 10.0. The number of rotatable bonds is 4. The summed E-state index contributed by atoms with van der Waals surface area (Å²) in [6.07, 6.45) is 0.924. The number of ether oxygens (including phenoxy) is 1. The molecule has 3 nitrogen and oxygen atoms in total. The predicted octanol–water partition coefficient (Wildman–Crippen LogP) is 4.78. The van der Waals surface area contributed by atoms with Crippen molar-refractivity contribution in [1.82, 2.24) is 4.98 Å². The zero-order valence-electron chi connectivity index (χ0n) is 13.0. The fourth-order valence-electron chi connectivity index (χ4n) is 2.70. The molecule has 0 aliphatic rings. The van der Waals surface area contributed by atoms with Crippen molar-refractivity contribution in [2.45, 2.75) is 19.8 Å². The third-order valence-electron chi connectivity index (χ3n) is 4.03. The average molecular weight is 293 g/mol. The van der Waals surface area contributed by atoms with Crippen LogP contribution in [0.3, 0.4) is 0 Å². The molecular weight excluding hydrogens is 274 g/mol. The molecule has 0 atom stereocenters. The largest absolute Gasteiger partial charge is 0.497 e. The van der Waals surface area contributed by atoms with Gasteiger partial charge in [0.2, 0.25) is 0 Å². The van der Waals surface area contributed by atoms with E-state index in [0.29, 0.717) is 11.5 Å². The normalized spacial score (nSPS) is 11.1. The number of methoxy groups -OCH3 is 1. The molecule has 0 aliphatic carbocycles. The molecule has 1 aromatic heterocycles. The first-order valence-corrected chi connectivity index (χ1v) is 7.39. The topological polar surface area (TPSA) is 42.1 Å². The van der Waals surface area contributed by atoms with Crippen LogP contribution in [-0.4, -0.2) is 18.4 Å². The highest BCUT2D eigenvalue weighted by molar-refractivity contribution is 6.04. The molecule has 0 saturated carbocycles. The number of aldehydes is 1. The summed E-state index contributed by atoms with van der Waals surface area (Å²) in [7, 11) is 1.64. The van der Waals surface area contributed by atoms with Gasteiger partial charge in [0.15, 0.2) is 6.29 Å². The minimum atomic E-state index is 0.455. The number of benzene rings is 2. The van der Waals surface area contributed by atoms with E-state index >= 15 is 0 Å². The first-order chi connectivity index (χ1) is 10.6. The second kappa shape index (κ2) is 5.68. The number of nitrogens with one attached hydrogen (secondary N) is 1. The Morgan fingerprint density at radius 1 is 1.09 bits per heavy atom. The number of H-pyrrole nitrogens is 1. The fourth-order valence-corrected chi connectivity index (χ4v) is 2.70. The van der Waals surface area contributed by atoms with E-state index in [0.717, 1.165) is 34.2 Å². The van der Waals surface area contributed by atoms with E-state index in [4.69, 9.17) is 4.74 Å². The van der Waals surface area contributed by atoms with Gasteiger partial charge in [-0.05, 0) is 47.4 Å². The van der Waals surface area contributed by atoms with Crippen molar-refractivity contribution in [3.05, 3.63) is 53.6 Å². The molecular formula is C19H19NO2. The van der Waals surface area contributed by atoms with Gasteiger partial charge in [-0.15, -0.1) is 0 Å². The van der Waals surface area contributed by atoms with Crippen LogP contribution in [0.4, 0.5) is 0 Å². The summed E-state index contributed by atoms with van der Waals surface area (Å²) in [5.41, 5.74) is 4.79. The van der Waals surface area contributed by atoms with Crippen molar-refractivity contribution in [3.8, 4) is 17.0 Å². The zero-order chi connectivity index (χ0) is 15.7. The summed E-state index contributed by atoms with van der Waals surface area (Å²) in [5, 5.41) is 0.963. The highest BCUT2D eigenvalue weighted by Gasteiger charge is 2.13. The second-order valence-electron chi connectivity index (χ2n) is 5.72. The summed E-state index contributed by atoms with van der Waals surface area (Å²) < 4.78 is 5.18. The molecule has 1 N–H and O–H groups in total. The fraction of sp³-hybridized carbons (Fsp3) is 0.211. The first-order valence-electron chi connectivity index (χ1n) is 7.39. The maximum atomic E-state index is 11.6. The van der Waals surface area contributed by atoms with Gasteiger partial charge in [-0.1, -0.05) is 26.0 Å². The van der Waals surface area contributed by atoms with Gasteiger partial charge in [0.25, 0.3) is 0 Å². The number of fused-ring (bicyclic) bond motifs is 1. The van der Waals surface area contributed by atoms with Crippen LogP contribution >= 0.6 is 0 Å². The molecule has 0 fully saturated rings. The van der Waals surface area contributed by atoms with Crippen LogP contribution in [0.25, 0.3) is 22.2 Å². The van der Waals surface area contributed by atoms with Crippen LogP contribution in [0.5, 0.6) is 5.75 Å². The van der Waals surface area contributed by atoms with E-state index in [-0.39, 0.29) is 0 Å². The van der Waals surface area contributed by atoms with E-state index in [1.165, 1.54) is 5.56 Å². The summed E-state index contributed by atoms with van der Waals surface area (Å²) in [6, 6.07) is 14.0. The molecule has 3 aromatic rings. The van der Waals surface area contributed by atoms with E-state index in [1.807, 2.05) is 30.3 Å². The molecule has 3 heteroatoms. The van der Waals surface area contributed by atoms with Crippen molar-refractivity contribution in [2.75, 3.05) is 7.11 Å². The molecule has 22 heavy (non-hydrogen) atoms. The van der Waals surface area contributed by atoms with Crippen LogP contribution in [0.15, 0.2) is 42.5 Å². The molecule has 0 amide bonds. The molecule has 0 saturated heterocycles. The molecule has 2 aromatic carbocycles. The van der Waals surface area contributed by atoms with Crippen LogP contribution in [0.2, 0.25) is 0 Å². The van der Waals surface area contributed by atoms with Crippen molar-refractivity contribution in [2.24, 2.45) is 0 Å². The average Bonchev–Trinajstić information content (AvgIpc) is 2.92. The Balaban J connectivity index is 2.17. The van der Waals surface area contributed by atoms with Gasteiger partial charge in [0, 0.05) is 16.5 Å². The number of hydrogen-bond donors (Lipinski definition) is 1. The van der Waals surface area contributed by atoms with Crippen molar-refractivity contribution < 1.29 is 9.53 Å². The summed E-state index contributed by atoms with van der Waals surface area (Å²) in [5.74, 6) is 1.26. The van der Waals surface area contributed by atoms with Gasteiger partial charge >= 0.3 is 0 Å². The Labute approximate surface area is 129 Å². The number of carbonyl (C=O) groups is 1. The molecule has 0 bridgehead atoms. The van der Waals surface area contributed by atoms with Crippen LogP contribution < -0.4 is 4.74 Å². The maximum Gasteiger partial charge on any atom is 0.152 e. The number of aromatic nitrogens is 1. The number of carbonyl (C=O) groups excluding carboxylic acids is 1.